The molecule has 5 nitrogen and oxygen atoms in total. The van der Waals surface area contributed by atoms with Gasteiger partial charge in [0.05, 0.1) is 19.9 Å². The first-order valence-corrected chi connectivity index (χ1v) is 7.58. The van der Waals surface area contributed by atoms with Gasteiger partial charge in [-0.25, -0.2) is 0 Å². The summed E-state index contributed by atoms with van der Waals surface area (Å²) in [6.45, 7) is 0.454. The van der Waals surface area contributed by atoms with E-state index in [1.165, 1.54) is 0 Å². The highest BCUT2D eigenvalue weighted by Gasteiger charge is 2.11. The van der Waals surface area contributed by atoms with E-state index < -0.39 is 0 Å². The molecule has 0 saturated heterocycles. The summed E-state index contributed by atoms with van der Waals surface area (Å²) in [7, 11) is 3.25. The first kappa shape index (κ1) is 15.8. The summed E-state index contributed by atoms with van der Waals surface area (Å²) in [6, 6.07) is 15.1. The third kappa shape index (κ3) is 3.01. The van der Waals surface area contributed by atoms with Gasteiger partial charge in [0.2, 0.25) is 0 Å². The van der Waals surface area contributed by atoms with Crippen LogP contribution in [0.2, 0.25) is 0 Å². The van der Waals surface area contributed by atoms with Gasteiger partial charge in [-0.1, -0.05) is 0 Å². The number of ether oxygens (including phenoxy) is 2. The standard InChI is InChI=1S/C19H20N2O3/c1-23-15-5-3-14(4-6-15)21-11-13-9-12-10-16(24-2)7-8-17(12)18(20)19(13)22/h3-10,21-22H,11,20H2,1-2H3. The van der Waals surface area contributed by atoms with Gasteiger partial charge in [-0.05, 0) is 53.9 Å². The second-order valence-corrected chi connectivity index (χ2v) is 5.47. The number of rotatable bonds is 5. The third-order valence-corrected chi connectivity index (χ3v) is 4.01. The Kier molecular flexibility index (Phi) is 4.33. The molecule has 0 atom stereocenters. The molecular weight excluding hydrogens is 304 g/mol. The summed E-state index contributed by atoms with van der Waals surface area (Å²) in [5.74, 6) is 1.65. The molecule has 0 aliphatic rings. The van der Waals surface area contributed by atoms with Crippen LogP contribution in [0.25, 0.3) is 10.8 Å². The molecule has 0 heterocycles. The van der Waals surface area contributed by atoms with Crippen LogP contribution in [-0.4, -0.2) is 19.3 Å². The van der Waals surface area contributed by atoms with Crippen molar-refractivity contribution in [2.45, 2.75) is 6.54 Å². The molecule has 3 aromatic rings. The quantitative estimate of drug-likeness (QED) is 0.492. The maximum atomic E-state index is 10.4. The van der Waals surface area contributed by atoms with Gasteiger partial charge in [-0.15, -0.1) is 0 Å². The molecule has 0 aliphatic heterocycles. The molecule has 24 heavy (non-hydrogen) atoms. The highest BCUT2D eigenvalue weighted by atomic mass is 16.5. The van der Waals surface area contributed by atoms with E-state index in [1.54, 1.807) is 14.2 Å². The minimum Gasteiger partial charge on any atom is -0.505 e. The molecule has 0 amide bonds. The second kappa shape index (κ2) is 6.58. The van der Waals surface area contributed by atoms with Crippen molar-refractivity contribution in [3.8, 4) is 17.2 Å². The van der Waals surface area contributed by atoms with Crippen LogP contribution in [0.4, 0.5) is 11.4 Å². The van der Waals surface area contributed by atoms with Crippen LogP contribution < -0.4 is 20.5 Å². The summed E-state index contributed by atoms with van der Waals surface area (Å²) in [5, 5.41) is 15.4. The number of hydrogen-bond acceptors (Lipinski definition) is 5. The van der Waals surface area contributed by atoms with Gasteiger partial charge < -0.3 is 25.6 Å². The van der Waals surface area contributed by atoms with Crippen LogP contribution in [0.3, 0.4) is 0 Å². The molecule has 0 aliphatic carbocycles. The van der Waals surface area contributed by atoms with Gasteiger partial charge in [-0.2, -0.15) is 0 Å². The van der Waals surface area contributed by atoms with Gasteiger partial charge in [0.25, 0.3) is 0 Å². The van der Waals surface area contributed by atoms with E-state index in [9.17, 15) is 5.11 Å². The topological polar surface area (TPSA) is 76.7 Å². The molecule has 3 aromatic carbocycles. The zero-order valence-corrected chi connectivity index (χ0v) is 13.7. The number of nitrogens with one attached hydrogen (secondary N) is 1. The van der Waals surface area contributed by atoms with Crippen molar-refractivity contribution < 1.29 is 14.6 Å². The largest absolute Gasteiger partial charge is 0.505 e. The number of anilines is 2. The monoisotopic (exact) mass is 324 g/mol. The van der Waals surface area contributed by atoms with Crippen molar-refractivity contribution in [2.75, 3.05) is 25.3 Å². The van der Waals surface area contributed by atoms with Gasteiger partial charge in [-0.3, -0.25) is 0 Å². The Hall–Kier alpha value is -3.08. The minimum absolute atomic E-state index is 0.105. The highest BCUT2D eigenvalue weighted by Crippen LogP contribution is 2.35. The van der Waals surface area contributed by atoms with Crippen LogP contribution in [0.15, 0.2) is 48.5 Å². The van der Waals surface area contributed by atoms with Crippen molar-refractivity contribution in [3.63, 3.8) is 0 Å². The number of benzene rings is 3. The van der Waals surface area contributed by atoms with Crippen molar-refractivity contribution in [1.29, 1.82) is 0 Å². The molecule has 0 saturated carbocycles. The Morgan fingerprint density at radius 1 is 0.958 bits per heavy atom. The zero-order valence-electron chi connectivity index (χ0n) is 13.7. The number of nitrogens with two attached hydrogens (primary N) is 1. The van der Waals surface area contributed by atoms with Crippen molar-refractivity contribution >= 4 is 22.1 Å². The molecule has 5 heteroatoms. The number of methoxy groups -OCH3 is 2. The zero-order chi connectivity index (χ0) is 17.1. The van der Waals surface area contributed by atoms with Crippen LogP contribution in [0.1, 0.15) is 5.56 Å². The van der Waals surface area contributed by atoms with E-state index in [-0.39, 0.29) is 5.75 Å². The molecule has 0 aromatic heterocycles. The maximum absolute atomic E-state index is 10.4. The van der Waals surface area contributed by atoms with E-state index >= 15 is 0 Å². The summed E-state index contributed by atoms with van der Waals surface area (Å²) < 4.78 is 10.4. The molecule has 3 rings (SSSR count). The molecule has 0 fully saturated rings. The van der Waals surface area contributed by atoms with E-state index in [2.05, 4.69) is 5.32 Å². The Bertz CT molecular complexity index is 861. The molecule has 0 spiro atoms. The number of hydrogen-bond donors (Lipinski definition) is 3. The third-order valence-electron chi connectivity index (χ3n) is 4.01. The Labute approximate surface area is 140 Å². The molecule has 0 bridgehead atoms. The van der Waals surface area contributed by atoms with E-state index in [0.29, 0.717) is 12.2 Å². The first-order chi connectivity index (χ1) is 11.6. The lowest BCUT2D eigenvalue weighted by atomic mass is 10.0. The van der Waals surface area contributed by atoms with Crippen molar-refractivity contribution in [2.24, 2.45) is 0 Å². The fraction of sp³-hybridized carbons (Fsp3) is 0.158. The van der Waals surface area contributed by atoms with Crippen LogP contribution in [0.5, 0.6) is 17.2 Å². The predicted molar refractivity (Wildman–Crippen MR) is 96.9 cm³/mol. The summed E-state index contributed by atoms with van der Waals surface area (Å²) in [6.07, 6.45) is 0. The SMILES string of the molecule is COc1ccc(NCc2cc3cc(OC)ccc3c(N)c2O)cc1. The number of fused-ring (bicyclic) bond motifs is 1. The first-order valence-electron chi connectivity index (χ1n) is 7.58. The van der Waals surface area contributed by atoms with Gasteiger partial charge in [0.1, 0.15) is 17.2 Å². The van der Waals surface area contributed by atoms with Gasteiger partial charge in [0, 0.05) is 23.2 Å². The summed E-state index contributed by atoms with van der Waals surface area (Å²) in [4.78, 5) is 0. The van der Waals surface area contributed by atoms with E-state index in [0.717, 1.165) is 33.5 Å². The molecular formula is C19H20N2O3. The fourth-order valence-electron chi connectivity index (χ4n) is 2.63. The van der Waals surface area contributed by atoms with Gasteiger partial charge >= 0.3 is 0 Å². The normalized spacial score (nSPS) is 10.6. The van der Waals surface area contributed by atoms with E-state index in [1.807, 2.05) is 48.5 Å². The highest BCUT2D eigenvalue weighted by molar-refractivity contribution is 5.97. The Morgan fingerprint density at radius 2 is 1.62 bits per heavy atom. The maximum Gasteiger partial charge on any atom is 0.144 e. The van der Waals surface area contributed by atoms with Crippen LogP contribution in [0, 0.1) is 0 Å². The fourth-order valence-corrected chi connectivity index (χ4v) is 2.63. The summed E-state index contributed by atoms with van der Waals surface area (Å²) >= 11 is 0. The smallest absolute Gasteiger partial charge is 0.144 e. The van der Waals surface area contributed by atoms with Crippen LogP contribution in [-0.2, 0) is 6.54 Å². The average molecular weight is 324 g/mol. The lowest BCUT2D eigenvalue weighted by molar-refractivity contribution is 0.415. The van der Waals surface area contributed by atoms with Crippen molar-refractivity contribution in [3.05, 3.63) is 54.1 Å². The lowest BCUT2D eigenvalue weighted by Crippen LogP contribution is -2.02. The lowest BCUT2D eigenvalue weighted by Gasteiger charge is -2.13. The van der Waals surface area contributed by atoms with Crippen LogP contribution >= 0.6 is 0 Å². The second-order valence-electron chi connectivity index (χ2n) is 5.47. The predicted octanol–water partition coefficient (Wildman–Crippen LogP) is 3.76. The van der Waals surface area contributed by atoms with Gasteiger partial charge in [0.15, 0.2) is 0 Å². The average Bonchev–Trinajstić information content (AvgIpc) is 2.63. The summed E-state index contributed by atoms with van der Waals surface area (Å²) in [5.41, 5.74) is 8.11. The molecule has 0 unspecified atom stereocenters. The van der Waals surface area contributed by atoms with E-state index in [4.69, 9.17) is 15.2 Å². The molecule has 4 N–H and O–H groups in total. The minimum atomic E-state index is 0.105. The number of nitrogen functional groups attached to an aromatic ring is 1. The molecule has 0 radical (unpaired) electrons. The number of phenolic OH excluding ortho intramolecular Hbond substituents is 1. The van der Waals surface area contributed by atoms with Crippen molar-refractivity contribution in [1.82, 2.24) is 0 Å². The number of phenols is 1. The number of aromatic hydroxyl groups is 1. The Balaban J connectivity index is 1.88. The molecule has 124 valence electrons. The Morgan fingerprint density at radius 3 is 2.29 bits per heavy atom.